The third-order valence-corrected chi connectivity index (χ3v) is 2.13. The van der Waals surface area contributed by atoms with Crippen LogP contribution in [0.5, 0.6) is 0 Å². The molecule has 2 N–H and O–H groups in total. The van der Waals surface area contributed by atoms with Crippen molar-refractivity contribution in [2.24, 2.45) is 0 Å². The van der Waals surface area contributed by atoms with Gasteiger partial charge >= 0.3 is 5.69 Å². The summed E-state index contributed by atoms with van der Waals surface area (Å²) in [6.07, 6.45) is 1.78. The summed E-state index contributed by atoms with van der Waals surface area (Å²) in [7, 11) is 0. The number of carbonyl (C=O) groups excluding carboxylic acids is 1. The highest BCUT2D eigenvalue weighted by Crippen LogP contribution is 2.19. The van der Waals surface area contributed by atoms with E-state index >= 15 is 0 Å². The lowest BCUT2D eigenvalue weighted by atomic mass is 10.3. The minimum atomic E-state index is -0.604. The lowest BCUT2D eigenvalue weighted by molar-refractivity contribution is -0.385. The zero-order valence-corrected chi connectivity index (χ0v) is 9.24. The third-order valence-electron chi connectivity index (χ3n) is 2.13. The van der Waals surface area contributed by atoms with Gasteiger partial charge in [-0.1, -0.05) is 13.3 Å². The molecule has 0 aromatic carbocycles. The number of aromatic amines is 1. The molecule has 1 aromatic rings. The topological polar surface area (TPSA) is 101 Å². The molecule has 0 aliphatic carbocycles. The van der Waals surface area contributed by atoms with Gasteiger partial charge in [0.25, 0.3) is 5.91 Å². The van der Waals surface area contributed by atoms with Crippen LogP contribution < -0.4 is 5.32 Å². The van der Waals surface area contributed by atoms with Crippen LogP contribution in [0.1, 0.15) is 35.9 Å². The van der Waals surface area contributed by atoms with Crippen molar-refractivity contribution in [2.45, 2.75) is 26.7 Å². The molecule has 0 aliphatic heterocycles. The minimum Gasteiger partial charge on any atom is -0.350 e. The normalized spacial score (nSPS) is 10.1. The van der Waals surface area contributed by atoms with Gasteiger partial charge in [0.1, 0.15) is 5.69 Å². The molecule has 0 spiro atoms. The largest absolute Gasteiger partial charge is 0.350 e. The average molecular weight is 226 g/mol. The molecule has 0 atom stereocenters. The molecule has 88 valence electrons. The van der Waals surface area contributed by atoms with Crippen LogP contribution in [0.25, 0.3) is 0 Å². The molecule has 1 amide bonds. The highest BCUT2D eigenvalue weighted by molar-refractivity contribution is 5.96. The Morgan fingerprint density at radius 3 is 2.88 bits per heavy atom. The van der Waals surface area contributed by atoms with E-state index in [1.54, 1.807) is 0 Å². The molecule has 1 rings (SSSR count). The van der Waals surface area contributed by atoms with Crippen molar-refractivity contribution in [3.05, 3.63) is 21.5 Å². The number of rotatable bonds is 5. The van der Waals surface area contributed by atoms with Gasteiger partial charge in [-0.2, -0.15) is 5.10 Å². The molecular weight excluding hydrogens is 212 g/mol. The van der Waals surface area contributed by atoms with Crippen molar-refractivity contribution in [3.8, 4) is 0 Å². The number of aryl methyl sites for hydroxylation is 1. The second-order valence-corrected chi connectivity index (χ2v) is 3.41. The van der Waals surface area contributed by atoms with Crippen molar-refractivity contribution >= 4 is 11.6 Å². The van der Waals surface area contributed by atoms with E-state index in [0.717, 1.165) is 12.8 Å². The van der Waals surface area contributed by atoms with Crippen LogP contribution in [0.2, 0.25) is 0 Å². The van der Waals surface area contributed by atoms with Gasteiger partial charge in [-0.3, -0.25) is 20.0 Å². The number of nitrogens with one attached hydrogen (secondary N) is 2. The monoisotopic (exact) mass is 226 g/mol. The van der Waals surface area contributed by atoms with Crippen molar-refractivity contribution in [2.75, 3.05) is 6.54 Å². The fourth-order valence-electron chi connectivity index (χ4n) is 1.27. The summed E-state index contributed by atoms with van der Waals surface area (Å²) < 4.78 is 0. The van der Waals surface area contributed by atoms with E-state index in [2.05, 4.69) is 15.5 Å². The maximum Gasteiger partial charge on any atom is 0.322 e. The number of hydrogen-bond acceptors (Lipinski definition) is 4. The average Bonchev–Trinajstić information content (AvgIpc) is 2.60. The predicted octanol–water partition coefficient (Wildman–Crippen LogP) is 1.16. The highest BCUT2D eigenvalue weighted by Gasteiger charge is 2.26. The Labute approximate surface area is 92.4 Å². The number of unbranched alkanes of at least 4 members (excludes halogenated alkanes) is 1. The molecule has 0 saturated carbocycles. The Kier molecular flexibility index (Phi) is 3.98. The Balaban J connectivity index is 2.79. The summed E-state index contributed by atoms with van der Waals surface area (Å²) in [6.45, 7) is 4.00. The first-order chi connectivity index (χ1) is 7.57. The third kappa shape index (κ3) is 2.56. The molecule has 7 heteroatoms. The number of nitro groups is 1. The zero-order chi connectivity index (χ0) is 12.1. The van der Waals surface area contributed by atoms with Crippen LogP contribution in [0.15, 0.2) is 0 Å². The lowest BCUT2D eigenvalue weighted by Gasteiger charge is -2.00. The van der Waals surface area contributed by atoms with E-state index in [1.165, 1.54) is 6.92 Å². The number of carbonyl (C=O) groups is 1. The van der Waals surface area contributed by atoms with Crippen LogP contribution in [0.4, 0.5) is 5.69 Å². The summed E-state index contributed by atoms with van der Waals surface area (Å²) in [6, 6.07) is 0. The predicted molar refractivity (Wildman–Crippen MR) is 57.2 cm³/mol. The van der Waals surface area contributed by atoms with E-state index in [4.69, 9.17) is 0 Å². The minimum absolute atomic E-state index is 0.154. The van der Waals surface area contributed by atoms with E-state index in [1.807, 2.05) is 6.92 Å². The standard InChI is InChI=1S/C9H14N4O3/c1-3-4-5-10-9(14)7-8(13(15)16)6(2)11-12-7/h3-5H2,1-2H3,(H,10,14)(H,11,12). The van der Waals surface area contributed by atoms with Gasteiger partial charge in [0.05, 0.1) is 4.92 Å². The Hall–Kier alpha value is -1.92. The molecule has 0 unspecified atom stereocenters. The van der Waals surface area contributed by atoms with Gasteiger partial charge in [0.15, 0.2) is 0 Å². The van der Waals surface area contributed by atoms with Gasteiger partial charge in [-0.15, -0.1) is 0 Å². The van der Waals surface area contributed by atoms with E-state index < -0.39 is 10.8 Å². The lowest BCUT2D eigenvalue weighted by Crippen LogP contribution is -2.25. The van der Waals surface area contributed by atoms with E-state index in [0.29, 0.717) is 6.54 Å². The van der Waals surface area contributed by atoms with E-state index in [-0.39, 0.29) is 17.1 Å². The second kappa shape index (κ2) is 5.24. The first kappa shape index (κ1) is 12.2. The number of aromatic nitrogens is 2. The van der Waals surface area contributed by atoms with Gasteiger partial charge in [0, 0.05) is 6.54 Å². The van der Waals surface area contributed by atoms with Crippen LogP contribution in [0, 0.1) is 17.0 Å². The summed E-state index contributed by atoms with van der Waals surface area (Å²) in [5, 5.41) is 19.4. The van der Waals surface area contributed by atoms with Crippen molar-refractivity contribution in [3.63, 3.8) is 0 Å². The molecule has 1 aromatic heterocycles. The number of nitrogens with zero attached hydrogens (tertiary/aromatic N) is 2. The molecule has 0 radical (unpaired) electrons. The summed E-state index contributed by atoms with van der Waals surface area (Å²) in [5.74, 6) is -0.510. The molecule has 0 saturated heterocycles. The summed E-state index contributed by atoms with van der Waals surface area (Å²) in [5.41, 5.74) is -0.127. The Bertz CT molecular complexity index is 399. The maximum atomic E-state index is 11.6. The first-order valence-corrected chi connectivity index (χ1v) is 5.05. The molecule has 7 nitrogen and oxygen atoms in total. The fraction of sp³-hybridized carbons (Fsp3) is 0.556. The van der Waals surface area contributed by atoms with Gasteiger partial charge < -0.3 is 5.32 Å². The molecule has 1 heterocycles. The molecule has 0 aliphatic rings. The van der Waals surface area contributed by atoms with Gasteiger partial charge in [-0.05, 0) is 13.3 Å². The van der Waals surface area contributed by atoms with Crippen LogP contribution in [-0.2, 0) is 0 Å². The number of amides is 1. The van der Waals surface area contributed by atoms with Gasteiger partial charge in [0.2, 0.25) is 5.69 Å². The van der Waals surface area contributed by atoms with Crippen molar-refractivity contribution in [1.82, 2.24) is 15.5 Å². The maximum absolute atomic E-state index is 11.6. The van der Waals surface area contributed by atoms with Crippen LogP contribution in [-0.4, -0.2) is 27.6 Å². The van der Waals surface area contributed by atoms with Crippen molar-refractivity contribution < 1.29 is 9.72 Å². The zero-order valence-electron chi connectivity index (χ0n) is 9.24. The quantitative estimate of drug-likeness (QED) is 0.446. The summed E-state index contributed by atoms with van der Waals surface area (Å²) in [4.78, 5) is 21.7. The smallest absolute Gasteiger partial charge is 0.322 e. The van der Waals surface area contributed by atoms with E-state index in [9.17, 15) is 14.9 Å². The SMILES string of the molecule is CCCCNC(=O)c1n[nH]c(C)c1[N+](=O)[O-]. The second-order valence-electron chi connectivity index (χ2n) is 3.41. The fourth-order valence-corrected chi connectivity index (χ4v) is 1.27. The van der Waals surface area contributed by atoms with Crippen LogP contribution >= 0.6 is 0 Å². The molecule has 0 fully saturated rings. The number of hydrogen-bond donors (Lipinski definition) is 2. The van der Waals surface area contributed by atoms with Gasteiger partial charge in [-0.25, -0.2) is 0 Å². The highest BCUT2D eigenvalue weighted by atomic mass is 16.6. The Morgan fingerprint density at radius 2 is 2.31 bits per heavy atom. The molecule has 0 bridgehead atoms. The number of H-pyrrole nitrogens is 1. The molecular formula is C9H14N4O3. The van der Waals surface area contributed by atoms with Crippen molar-refractivity contribution in [1.29, 1.82) is 0 Å². The first-order valence-electron chi connectivity index (χ1n) is 5.05. The van der Waals surface area contributed by atoms with Crippen LogP contribution in [0.3, 0.4) is 0 Å². The molecule has 16 heavy (non-hydrogen) atoms. The Morgan fingerprint density at radius 1 is 1.62 bits per heavy atom. The summed E-state index contributed by atoms with van der Waals surface area (Å²) >= 11 is 0.